The minimum atomic E-state index is -1.10. The molecule has 0 bridgehead atoms. The Hall–Kier alpha value is -1.76. The van der Waals surface area contributed by atoms with E-state index in [1.807, 2.05) is 0 Å². The molecular weight excluding hydrogens is 296 g/mol. The van der Waals surface area contributed by atoms with Gasteiger partial charge in [-0.1, -0.05) is 15.9 Å². The Bertz CT molecular complexity index is 565. The maximum absolute atomic E-state index is 13.4. The molecule has 0 radical (unpaired) electrons. The molecule has 1 aromatic carbocycles. The lowest BCUT2D eigenvalue weighted by molar-refractivity contribution is 0.404. The van der Waals surface area contributed by atoms with Crippen molar-refractivity contribution < 1.29 is 13.5 Å². The Morgan fingerprint density at radius 3 is 2.71 bits per heavy atom. The predicted octanol–water partition coefficient (Wildman–Crippen LogP) is 2.89. The number of nitrogen functional groups attached to an aromatic ring is 1. The van der Waals surface area contributed by atoms with Crippen molar-refractivity contribution in [3.8, 4) is 11.6 Å². The normalized spacial score (nSPS) is 10.3. The predicted molar refractivity (Wildman–Crippen MR) is 60.6 cm³/mol. The van der Waals surface area contributed by atoms with Gasteiger partial charge >= 0.3 is 0 Å². The van der Waals surface area contributed by atoms with Crippen LogP contribution in [0.25, 0.3) is 0 Å². The first-order valence-electron chi connectivity index (χ1n) is 4.46. The Kier molecular flexibility index (Phi) is 3.19. The van der Waals surface area contributed by atoms with Crippen LogP contribution >= 0.6 is 15.9 Å². The summed E-state index contributed by atoms with van der Waals surface area (Å²) in [6.45, 7) is 0. The van der Waals surface area contributed by atoms with Gasteiger partial charge in [0, 0.05) is 4.47 Å². The fraction of sp³-hybridized carbons (Fsp3) is 0. The molecule has 0 aliphatic rings. The number of nitrogens with zero attached hydrogens (tertiary/aromatic N) is 2. The van der Waals surface area contributed by atoms with Crippen LogP contribution in [0.2, 0.25) is 0 Å². The van der Waals surface area contributed by atoms with E-state index < -0.39 is 11.6 Å². The Labute approximate surface area is 104 Å². The molecule has 0 amide bonds. The summed E-state index contributed by atoms with van der Waals surface area (Å²) >= 11 is 3.03. The lowest BCUT2D eigenvalue weighted by Gasteiger charge is -2.06. The molecule has 0 saturated heterocycles. The average molecular weight is 302 g/mol. The molecule has 0 unspecified atom stereocenters. The van der Waals surface area contributed by atoms with Crippen molar-refractivity contribution in [2.45, 2.75) is 0 Å². The second-order valence-corrected chi connectivity index (χ2v) is 4.00. The van der Waals surface area contributed by atoms with Gasteiger partial charge in [0.25, 0.3) is 0 Å². The summed E-state index contributed by atoms with van der Waals surface area (Å²) in [4.78, 5) is 7.47. The molecule has 0 aliphatic carbocycles. The molecule has 0 spiro atoms. The summed E-state index contributed by atoms with van der Waals surface area (Å²) in [6.07, 6.45) is 2.55. The zero-order chi connectivity index (χ0) is 12.4. The summed E-state index contributed by atoms with van der Waals surface area (Å²) < 4.78 is 31.8. The van der Waals surface area contributed by atoms with Crippen molar-refractivity contribution in [3.05, 3.63) is 40.6 Å². The molecule has 0 fully saturated rings. The molecule has 0 atom stereocenters. The number of ether oxygens (including phenoxy) is 1. The van der Waals surface area contributed by atoms with Crippen LogP contribution in [0.15, 0.2) is 29.0 Å². The zero-order valence-corrected chi connectivity index (χ0v) is 9.91. The van der Waals surface area contributed by atoms with Gasteiger partial charge in [-0.15, -0.1) is 0 Å². The number of hydrogen-bond donors (Lipinski definition) is 1. The van der Waals surface area contributed by atoms with Gasteiger partial charge in [-0.25, -0.2) is 4.39 Å². The van der Waals surface area contributed by atoms with Crippen LogP contribution < -0.4 is 10.5 Å². The van der Waals surface area contributed by atoms with E-state index in [0.29, 0.717) is 4.47 Å². The molecule has 1 aromatic heterocycles. The third-order valence-corrected chi connectivity index (χ3v) is 2.26. The average Bonchev–Trinajstić information content (AvgIpc) is 2.25. The third kappa shape index (κ3) is 2.68. The van der Waals surface area contributed by atoms with E-state index in [2.05, 4.69) is 25.9 Å². The van der Waals surface area contributed by atoms with E-state index in [9.17, 15) is 8.78 Å². The van der Waals surface area contributed by atoms with Crippen molar-refractivity contribution in [1.82, 2.24) is 9.97 Å². The number of rotatable bonds is 2. The monoisotopic (exact) mass is 301 g/mol. The van der Waals surface area contributed by atoms with Gasteiger partial charge in [-0.2, -0.15) is 9.37 Å². The first kappa shape index (κ1) is 11.7. The molecule has 4 nitrogen and oxygen atoms in total. The van der Waals surface area contributed by atoms with Crippen molar-refractivity contribution in [1.29, 1.82) is 0 Å². The SMILES string of the molecule is Nc1cncc(Oc2cc(Br)cc(F)c2F)n1. The van der Waals surface area contributed by atoms with Gasteiger partial charge in [0.2, 0.25) is 11.7 Å². The van der Waals surface area contributed by atoms with E-state index in [4.69, 9.17) is 10.5 Å². The Morgan fingerprint density at radius 2 is 2.00 bits per heavy atom. The molecule has 7 heteroatoms. The standard InChI is InChI=1S/C10H6BrF2N3O/c11-5-1-6(12)10(13)7(2-5)17-9-4-15-3-8(14)16-9/h1-4H,(H2,14,16). The van der Waals surface area contributed by atoms with Crippen LogP contribution in [-0.2, 0) is 0 Å². The van der Waals surface area contributed by atoms with Crippen LogP contribution in [0.4, 0.5) is 14.6 Å². The van der Waals surface area contributed by atoms with Crippen molar-refractivity contribution >= 4 is 21.7 Å². The number of aromatic nitrogens is 2. The molecular formula is C10H6BrF2N3O. The molecule has 2 N–H and O–H groups in total. The van der Waals surface area contributed by atoms with Gasteiger partial charge in [-0.3, -0.25) is 4.98 Å². The quantitative estimate of drug-likeness (QED) is 0.867. The minimum Gasteiger partial charge on any atom is -0.434 e. The molecule has 0 aliphatic heterocycles. The van der Waals surface area contributed by atoms with Crippen LogP contribution in [0.3, 0.4) is 0 Å². The summed E-state index contributed by atoms with van der Waals surface area (Å²) in [7, 11) is 0. The number of benzene rings is 1. The number of anilines is 1. The lowest BCUT2D eigenvalue weighted by atomic mass is 10.3. The molecule has 0 saturated carbocycles. The van der Waals surface area contributed by atoms with Crippen LogP contribution in [0.5, 0.6) is 11.6 Å². The summed E-state index contributed by atoms with van der Waals surface area (Å²) in [5.74, 6) is -2.31. The first-order valence-corrected chi connectivity index (χ1v) is 5.25. The largest absolute Gasteiger partial charge is 0.434 e. The highest BCUT2D eigenvalue weighted by Crippen LogP contribution is 2.28. The topological polar surface area (TPSA) is 61.0 Å². The van der Waals surface area contributed by atoms with Gasteiger partial charge < -0.3 is 10.5 Å². The number of nitrogens with two attached hydrogens (primary N) is 1. The Morgan fingerprint density at radius 1 is 1.24 bits per heavy atom. The third-order valence-electron chi connectivity index (χ3n) is 1.81. The molecule has 1 heterocycles. The second kappa shape index (κ2) is 4.62. The van der Waals surface area contributed by atoms with Crippen molar-refractivity contribution in [3.63, 3.8) is 0 Å². The zero-order valence-electron chi connectivity index (χ0n) is 8.32. The molecule has 2 rings (SSSR count). The molecule has 2 aromatic rings. The fourth-order valence-corrected chi connectivity index (χ4v) is 1.54. The lowest BCUT2D eigenvalue weighted by Crippen LogP contribution is -1.97. The van der Waals surface area contributed by atoms with E-state index >= 15 is 0 Å². The van der Waals surface area contributed by atoms with Crippen LogP contribution in [-0.4, -0.2) is 9.97 Å². The van der Waals surface area contributed by atoms with E-state index in [0.717, 1.165) is 6.07 Å². The Balaban J connectivity index is 2.36. The maximum atomic E-state index is 13.4. The highest BCUT2D eigenvalue weighted by atomic mass is 79.9. The highest BCUT2D eigenvalue weighted by Gasteiger charge is 2.12. The summed E-state index contributed by atoms with van der Waals surface area (Å²) in [6, 6.07) is 2.27. The summed E-state index contributed by atoms with van der Waals surface area (Å²) in [5.41, 5.74) is 5.38. The van der Waals surface area contributed by atoms with E-state index in [1.54, 1.807) is 0 Å². The first-order chi connectivity index (χ1) is 8.06. The number of hydrogen-bond acceptors (Lipinski definition) is 4. The van der Waals surface area contributed by atoms with Crippen molar-refractivity contribution in [2.75, 3.05) is 5.73 Å². The van der Waals surface area contributed by atoms with Crippen LogP contribution in [0, 0.1) is 11.6 Å². The minimum absolute atomic E-state index is 0.0126. The fourth-order valence-electron chi connectivity index (χ4n) is 1.13. The summed E-state index contributed by atoms with van der Waals surface area (Å²) in [5, 5.41) is 0. The molecule has 88 valence electrons. The van der Waals surface area contributed by atoms with Crippen LogP contribution in [0.1, 0.15) is 0 Å². The smallest absolute Gasteiger partial charge is 0.239 e. The number of halogens is 3. The van der Waals surface area contributed by atoms with Gasteiger partial charge in [0.05, 0.1) is 12.4 Å². The maximum Gasteiger partial charge on any atom is 0.239 e. The van der Waals surface area contributed by atoms with Gasteiger partial charge in [0.15, 0.2) is 11.6 Å². The van der Waals surface area contributed by atoms with Gasteiger partial charge in [-0.05, 0) is 12.1 Å². The second-order valence-electron chi connectivity index (χ2n) is 3.08. The molecule has 17 heavy (non-hydrogen) atoms. The highest BCUT2D eigenvalue weighted by molar-refractivity contribution is 9.10. The van der Waals surface area contributed by atoms with Gasteiger partial charge in [0.1, 0.15) is 5.82 Å². The van der Waals surface area contributed by atoms with E-state index in [1.165, 1.54) is 18.5 Å². The van der Waals surface area contributed by atoms with Crippen molar-refractivity contribution in [2.24, 2.45) is 0 Å². The van der Waals surface area contributed by atoms with E-state index in [-0.39, 0.29) is 17.4 Å².